The fourth-order valence-corrected chi connectivity index (χ4v) is 4.15. The Kier molecular flexibility index (Phi) is 5.37. The van der Waals surface area contributed by atoms with Gasteiger partial charge in [-0.05, 0) is 29.7 Å². The monoisotopic (exact) mass is 428 g/mol. The van der Waals surface area contributed by atoms with Crippen LogP contribution in [0.15, 0.2) is 84.2 Å². The van der Waals surface area contributed by atoms with Crippen molar-refractivity contribution in [2.75, 3.05) is 11.9 Å². The zero-order valence-electron chi connectivity index (χ0n) is 16.7. The number of ether oxygens (including phenoxy) is 2. The number of hydrogen-bond acceptors (Lipinski definition) is 5. The quantitative estimate of drug-likeness (QED) is 0.476. The lowest BCUT2D eigenvalue weighted by atomic mass is 10.0. The maximum atomic E-state index is 12.6. The number of benzene rings is 3. The van der Waals surface area contributed by atoms with Gasteiger partial charge in [0.05, 0.1) is 5.69 Å². The maximum absolute atomic E-state index is 12.6. The molecular weight excluding hydrogens is 408 g/mol. The zero-order chi connectivity index (χ0) is 21.0. The van der Waals surface area contributed by atoms with E-state index in [1.54, 1.807) is 6.07 Å². The molecule has 1 amide bonds. The SMILES string of the molecule is O=C(Nc1nc(-c2ccc(Cc3ccccc3)cc2)cs1)C1COc2ccccc2O1. The number of para-hydroxylation sites is 2. The average Bonchev–Trinajstić information content (AvgIpc) is 3.28. The number of carbonyl (C=O) groups is 1. The van der Waals surface area contributed by atoms with Gasteiger partial charge in [0.15, 0.2) is 16.6 Å². The molecule has 1 aliphatic rings. The van der Waals surface area contributed by atoms with E-state index >= 15 is 0 Å². The van der Waals surface area contributed by atoms with Gasteiger partial charge >= 0.3 is 0 Å². The molecule has 0 aliphatic carbocycles. The number of anilines is 1. The van der Waals surface area contributed by atoms with Gasteiger partial charge in [-0.15, -0.1) is 11.3 Å². The average molecular weight is 429 g/mol. The minimum absolute atomic E-state index is 0.171. The molecule has 0 saturated carbocycles. The molecule has 1 unspecified atom stereocenters. The smallest absolute Gasteiger partial charge is 0.270 e. The summed E-state index contributed by atoms with van der Waals surface area (Å²) < 4.78 is 11.4. The lowest BCUT2D eigenvalue weighted by molar-refractivity contribution is -0.125. The number of aromatic nitrogens is 1. The molecular formula is C25H20N2O3S. The molecule has 31 heavy (non-hydrogen) atoms. The van der Waals surface area contributed by atoms with Crippen LogP contribution in [0.3, 0.4) is 0 Å². The van der Waals surface area contributed by atoms with Gasteiger partial charge < -0.3 is 9.47 Å². The zero-order valence-corrected chi connectivity index (χ0v) is 17.5. The van der Waals surface area contributed by atoms with Crippen LogP contribution in [-0.2, 0) is 11.2 Å². The van der Waals surface area contributed by atoms with Gasteiger partial charge in [0.1, 0.15) is 6.61 Å². The molecule has 1 atom stereocenters. The van der Waals surface area contributed by atoms with Crippen molar-refractivity contribution in [1.82, 2.24) is 4.98 Å². The molecule has 6 heteroatoms. The summed E-state index contributed by atoms with van der Waals surface area (Å²) in [5.74, 6) is 0.955. The van der Waals surface area contributed by atoms with E-state index in [1.807, 2.05) is 29.6 Å². The third-order valence-electron chi connectivity index (χ3n) is 5.04. The van der Waals surface area contributed by atoms with Crippen LogP contribution >= 0.6 is 11.3 Å². The van der Waals surface area contributed by atoms with Gasteiger partial charge in [-0.1, -0.05) is 66.7 Å². The summed E-state index contributed by atoms with van der Waals surface area (Å²) in [5.41, 5.74) is 4.37. The highest BCUT2D eigenvalue weighted by Crippen LogP contribution is 2.31. The highest BCUT2D eigenvalue weighted by Gasteiger charge is 2.27. The third-order valence-corrected chi connectivity index (χ3v) is 5.79. The van der Waals surface area contributed by atoms with E-state index in [1.165, 1.54) is 22.5 Å². The Morgan fingerprint density at radius 2 is 1.65 bits per heavy atom. The van der Waals surface area contributed by atoms with Gasteiger partial charge in [-0.3, -0.25) is 10.1 Å². The molecule has 0 saturated heterocycles. The molecule has 0 radical (unpaired) electrons. The Bertz CT molecular complexity index is 1190. The molecule has 154 valence electrons. The molecule has 1 aliphatic heterocycles. The minimum Gasteiger partial charge on any atom is -0.485 e. The van der Waals surface area contributed by atoms with Crippen LogP contribution in [0.1, 0.15) is 11.1 Å². The molecule has 2 heterocycles. The number of amides is 1. The second kappa shape index (κ2) is 8.62. The van der Waals surface area contributed by atoms with Crippen LogP contribution in [0.5, 0.6) is 11.5 Å². The van der Waals surface area contributed by atoms with Crippen molar-refractivity contribution in [3.05, 3.63) is 95.4 Å². The van der Waals surface area contributed by atoms with E-state index in [0.29, 0.717) is 16.6 Å². The second-order valence-electron chi connectivity index (χ2n) is 7.25. The van der Waals surface area contributed by atoms with Crippen LogP contribution < -0.4 is 14.8 Å². The molecule has 1 aromatic heterocycles. The molecule has 0 fully saturated rings. The molecule has 5 nitrogen and oxygen atoms in total. The van der Waals surface area contributed by atoms with Crippen LogP contribution in [0.25, 0.3) is 11.3 Å². The molecule has 1 N–H and O–H groups in total. The molecule has 0 bridgehead atoms. The largest absolute Gasteiger partial charge is 0.485 e. The van der Waals surface area contributed by atoms with E-state index in [2.05, 4.69) is 58.8 Å². The molecule has 5 rings (SSSR count). The van der Waals surface area contributed by atoms with E-state index in [-0.39, 0.29) is 12.5 Å². The summed E-state index contributed by atoms with van der Waals surface area (Å²) >= 11 is 1.39. The normalized spacial score (nSPS) is 14.8. The standard InChI is InChI=1S/C25H20N2O3S/c28-24(23-15-29-21-8-4-5-9-22(21)30-23)27-25-26-20(16-31-25)19-12-10-18(11-13-19)14-17-6-2-1-3-7-17/h1-13,16,23H,14-15H2,(H,26,27,28). The first-order valence-electron chi connectivity index (χ1n) is 10.0. The van der Waals surface area contributed by atoms with E-state index in [4.69, 9.17) is 9.47 Å². The Labute approximate surface area is 184 Å². The summed E-state index contributed by atoms with van der Waals surface area (Å²) in [6.07, 6.45) is 0.186. The van der Waals surface area contributed by atoms with Crippen molar-refractivity contribution < 1.29 is 14.3 Å². The summed E-state index contributed by atoms with van der Waals surface area (Å²) in [7, 11) is 0. The Morgan fingerprint density at radius 1 is 0.935 bits per heavy atom. The van der Waals surface area contributed by atoms with E-state index < -0.39 is 6.10 Å². The fourth-order valence-electron chi connectivity index (χ4n) is 3.42. The van der Waals surface area contributed by atoms with Gasteiger partial charge in [-0.2, -0.15) is 0 Å². The number of hydrogen-bond donors (Lipinski definition) is 1. The first-order valence-corrected chi connectivity index (χ1v) is 10.9. The lowest BCUT2D eigenvalue weighted by Crippen LogP contribution is -2.40. The van der Waals surface area contributed by atoms with Crippen LogP contribution in [-0.4, -0.2) is 23.6 Å². The molecule has 3 aromatic carbocycles. The van der Waals surface area contributed by atoms with Crippen molar-refractivity contribution in [1.29, 1.82) is 0 Å². The van der Waals surface area contributed by atoms with Crippen molar-refractivity contribution >= 4 is 22.4 Å². The first-order chi connectivity index (χ1) is 15.2. The van der Waals surface area contributed by atoms with Gasteiger partial charge in [0.25, 0.3) is 5.91 Å². The highest BCUT2D eigenvalue weighted by molar-refractivity contribution is 7.14. The van der Waals surface area contributed by atoms with Gasteiger partial charge in [0.2, 0.25) is 6.10 Å². The summed E-state index contributed by atoms with van der Waals surface area (Å²) in [6.45, 7) is 0.171. The summed E-state index contributed by atoms with van der Waals surface area (Å²) in [6, 6.07) is 26.1. The number of carbonyl (C=O) groups excluding carboxylic acids is 1. The van der Waals surface area contributed by atoms with E-state index in [0.717, 1.165) is 17.7 Å². The Hall–Kier alpha value is -3.64. The Balaban J connectivity index is 1.22. The maximum Gasteiger partial charge on any atom is 0.270 e. The van der Waals surface area contributed by atoms with Crippen LogP contribution in [0, 0.1) is 0 Å². The molecule has 0 spiro atoms. The van der Waals surface area contributed by atoms with Gasteiger partial charge in [-0.25, -0.2) is 4.98 Å². The number of nitrogens with zero attached hydrogens (tertiary/aromatic N) is 1. The second-order valence-corrected chi connectivity index (χ2v) is 8.11. The van der Waals surface area contributed by atoms with Crippen molar-refractivity contribution in [2.45, 2.75) is 12.5 Å². The minimum atomic E-state index is -0.709. The fraction of sp³-hybridized carbons (Fsp3) is 0.120. The van der Waals surface area contributed by atoms with Gasteiger partial charge in [0, 0.05) is 10.9 Å². The van der Waals surface area contributed by atoms with E-state index in [9.17, 15) is 4.79 Å². The number of rotatable bonds is 5. The highest BCUT2D eigenvalue weighted by atomic mass is 32.1. The Morgan fingerprint density at radius 3 is 2.45 bits per heavy atom. The third kappa shape index (κ3) is 4.44. The predicted molar refractivity (Wildman–Crippen MR) is 122 cm³/mol. The van der Waals surface area contributed by atoms with Crippen molar-refractivity contribution in [3.8, 4) is 22.8 Å². The van der Waals surface area contributed by atoms with Crippen molar-refractivity contribution in [3.63, 3.8) is 0 Å². The van der Waals surface area contributed by atoms with Crippen molar-refractivity contribution in [2.24, 2.45) is 0 Å². The van der Waals surface area contributed by atoms with Crippen LogP contribution in [0.2, 0.25) is 0 Å². The lowest BCUT2D eigenvalue weighted by Gasteiger charge is -2.25. The first kappa shape index (κ1) is 19.3. The topological polar surface area (TPSA) is 60.5 Å². The van der Waals surface area contributed by atoms with Crippen LogP contribution in [0.4, 0.5) is 5.13 Å². The number of thiazole rings is 1. The predicted octanol–water partition coefficient (Wildman–Crippen LogP) is 5.18. The molecule has 4 aromatic rings. The number of nitrogens with one attached hydrogen (secondary N) is 1. The summed E-state index contributed by atoms with van der Waals surface area (Å²) in [4.78, 5) is 17.2. The number of fused-ring (bicyclic) bond motifs is 1. The summed E-state index contributed by atoms with van der Waals surface area (Å²) in [5, 5.41) is 5.32.